The summed E-state index contributed by atoms with van der Waals surface area (Å²) in [4.78, 5) is 67.1. The molecular formula is C25H34N2O10. The molecule has 1 saturated heterocycles. The summed E-state index contributed by atoms with van der Waals surface area (Å²) in [7, 11) is 0. The number of rotatable bonds is 9. The molecule has 0 spiro atoms. The summed E-state index contributed by atoms with van der Waals surface area (Å²) >= 11 is 0. The second-order valence-electron chi connectivity index (χ2n) is 8.79. The van der Waals surface area contributed by atoms with Crippen molar-refractivity contribution in [2.24, 2.45) is 11.8 Å². The number of hydrogen-bond acceptors (Lipinski definition) is 11. The van der Waals surface area contributed by atoms with Crippen molar-refractivity contribution < 1.29 is 47.7 Å². The number of pyridine rings is 1. The van der Waals surface area contributed by atoms with Gasteiger partial charge in [0.1, 0.15) is 19.3 Å². The van der Waals surface area contributed by atoms with Gasteiger partial charge in [-0.15, -0.1) is 0 Å². The third-order valence-electron chi connectivity index (χ3n) is 5.57. The van der Waals surface area contributed by atoms with Crippen molar-refractivity contribution >= 4 is 29.8 Å². The van der Waals surface area contributed by atoms with Gasteiger partial charge in [0.25, 0.3) is 5.91 Å². The van der Waals surface area contributed by atoms with Crippen molar-refractivity contribution in [1.29, 1.82) is 0 Å². The largest absolute Gasteiger partial charge is 0.463 e. The van der Waals surface area contributed by atoms with Gasteiger partial charge in [0.15, 0.2) is 23.6 Å². The lowest BCUT2D eigenvalue weighted by Gasteiger charge is -2.29. The molecule has 0 bridgehead atoms. The molecule has 2 rings (SSSR count). The Bertz CT molecular complexity index is 1010. The molecular weight excluding hydrogens is 488 g/mol. The van der Waals surface area contributed by atoms with Crippen LogP contribution < -0.4 is 10.1 Å². The van der Waals surface area contributed by atoms with Crippen LogP contribution in [0.1, 0.15) is 57.1 Å². The first kappa shape index (κ1) is 29.7. The molecule has 0 saturated carbocycles. The minimum Gasteiger partial charge on any atom is -0.463 e. The Labute approximate surface area is 215 Å². The SMILES string of the molecule is CCOCC(=O)Oc1c(C)ccnc1C(=O)N[C@H]1COC(=O)[C@H](CC)[C@@H](OC(=O)C(C)C)[C@H](C)OC1=O. The van der Waals surface area contributed by atoms with Crippen LogP contribution in [0.15, 0.2) is 12.3 Å². The van der Waals surface area contributed by atoms with Crippen molar-refractivity contribution in [2.45, 2.75) is 66.2 Å². The maximum absolute atomic E-state index is 13.1. The number of ether oxygens (including phenoxy) is 5. The molecule has 204 valence electrons. The highest BCUT2D eigenvalue weighted by atomic mass is 16.6. The molecule has 0 aromatic carbocycles. The summed E-state index contributed by atoms with van der Waals surface area (Å²) in [6.45, 7) is 9.26. The van der Waals surface area contributed by atoms with E-state index in [-0.39, 0.29) is 24.5 Å². The van der Waals surface area contributed by atoms with Crippen LogP contribution in [0.3, 0.4) is 0 Å². The highest BCUT2D eigenvalue weighted by Gasteiger charge is 2.41. The number of aromatic nitrogens is 1. The van der Waals surface area contributed by atoms with Crippen molar-refractivity contribution in [3.8, 4) is 5.75 Å². The van der Waals surface area contributed by atoms with Crippen LogP contribution in [-0.2, 0) is 38.1 Å². The zero-order valence-corrected chi connectivity index (χ0v) is 21.9. The summed E-state index contributed by atoms with van der Waals surface area (Å²) in [5.74, 6) is -5.19. The Morgan fingerprint density at radius 3 is 2.51 bits per heavy atom. The smallest absolute Gasteiger partial charge is 0.337 e. The van der Waals surface area contributed by atoms with E-state index in [1.165, 1.54) is 13.1 Å². The molecule has 37 heavy (non-hydrogen) atoms. The lowest BCUT2D eigenvalue weighted by Crippen LogP contribution is -2.47. The van der Waals surface area contributed by atoms with Gasteiger partial charge >= 0.3 is 23.9 Å². The first-order valence-corrected chi connectivity index (χ1v) is 12.1. The standard InChI is InChI=1S/C25H34N2O10/c1-7-16-21(37-23(30)13(3)4)15(6)35-25(32)17(11-34-24(16)31)27-22(29)19-20(14(5)9-10-26-19)36-18(28)12-33-8-2/h9-10,13,15-17,21H,7-8,11-12H2,1-6H3,(H,27,29)/t15-,16+,17-,21-/m0/s1. The third-order valence-corrected chi connectivity index (χ3v) is 5.57. The molecule has 1 aromatic heterocycles. The van der Waals surface area contributed by atoms with Crippen molar-refractivity contribution in [1.82, 2.24) is 10.3 Å². The van der Waals surface area contributed by atoms with Crippen molar-refractivity contribution in [3.63, 3.8) is 0 Å². The summed E-state index contributed by atoms with van der Waals surface area (Å²) in [6, 6.07) is 0.145. The number of carbonyl (C=O) groups excluding carboxylic acids is 5. The van der Waals surface area contributed by atoms with Gasteiger partial charge in [-0.25, -0.2) is 14.6 Å². The monoisotopic (exact) mass is 522 g/mol. The Hall–Kier alpha value is -3.54. The Balaban J connectivity index is 2.26. The zero-order chi connectivity index (χ0) is 27.7. The fourth-order valence-corrected chi connectivity index (χ4v) is 3.47. The van der Waals surface area contributed by atoms with Crippen molar-refractivity contribution in [2.75, 3.05) is 19.8 Å². The van der Waals surface area contributed by atoms with Gasteiger partial charge in [-0.1, -0.05) is 20.8 Å². The molecule has 1 N–H and O–H groups in total. The number of esters is 4. The van der Waals surface area contributed by atoms with Crippen LogP contribution in [0.25, 0.3) is 0 Å². The lowest BCUT2D eigenvalue weighted by molar-refractivity contribution is -0.176. The summed E-state index contributed by atoms with van der Waals surface area (Å²) in [6.07, 6.45) is -0.469. The topological polar surface area (TPSA) is 156 Å². The predicted molar refractivity (Wildman–Crippen MR) is 127 cm³/mol. The van der Waals surface area contributed by atoms with Crippen molar-refractivity contribution in [3.05, 3.63) is 23.5 Å². The number of nitrogens with zero attached hydrogens (tertiary/aromatic N) is 1. The lowest BCUT2D eigenvalue weighted by atomic mass is 9.95. The van der Waals surface area contributed by atoms with E-state index in [9.17, 15) is 24.0 Å². The van der Waals surface area contributed by atoms with Crippen LogP contribution in [0.5, 0.6) is 5.75 Å². The van der Waals surface area contributed by atoms with E-state index >= 15 is 0 Å². The highest BCUT2D eigenvalue weighted by molar-refractivity contribution is 5.98. The molecule has 1 aliphatic rings. The fourth-order valence-electron chi connectivity index (χ4n) is 3.47. The number of amides is 1. The Morgan fingerprint density at radius 2 is 1.89 bits per heavy atom. The maximum Gasteiger partial charge on any atom is 0.337 e. The third kappa shape index (κ3) is 7.97. The van der Waals surface area contributed by atoms with E-state index in [0.29, 0.717) is 12.2 Å². The molecule has 0 radical (unpaired) electrons. The van der Waals surface area contributed by atoms with Gasteiger partial charge < -0.3 is 29.0 Å². The molecule has 12 heteroatoms. The highest BCUT2D eigenvalue weighted by Crippen LogP contribution is 2.24. The average molecular weight is 523 g/mol. The van der Waals surface area contributed by atoms with E-state index in [4.69, 9.17) is 23.7 Å². The molecule has 1 fully saturated rings. The van der Waals surface area contributed by atoms with E-state index in [1.54, 1.807) is 40.7 Å². The molecule has 4 atom stereocenters. The van der Waals surface area contributed by atoms with Gasteiger partial charge in [-0.2, -0.15) is 0 Å². The predicted octanol–water partition coefficient (Wildman–Crippen LogP) is 1.51. The van der Waals surface area contributed by atoms with E-state index in [2.05, 4.69) is 10.3 Å². The second kappa shape index (κ2) is 13.7. The molecule has 12 nitrogen and oxygen atoms in total. The zero-order valence-electron chi connectivity index (χ0n) is 21.9. The number of carbonyl (C=O) groups is 5. The quantitative estimate of drug-likeness (QED) is 0.370. The summed E-state index contributed by atoms with van der Waals surface area (Å²) < 4.78 is 26.6. The van der Waals surface area contributed by atoms with Crippen LogP contribution in [0.2, 0.25) is 0 Å². The van der Waals surface area contributed by atoms with Gasteiger partial charge in [0.2, 0.25) is 0 Å². The second-order valence-corrected chi connectivity index (χ2v) is 8.79. The van der Waals surface area contributed by atoms with E-state index in [0.717, 1.165) is 0 Å². The van der Waals surface area contributed by atoms with Crippen LogP contribution in [-0.4, -0.2) is 72.8 Å². The fraction of sp³-hybridized carbons (Fsp3) is 0.600. The van der Waals surface area contributed by atoms with E-state index < -0.39 is 66.5 Å². The molecule has 1 amide bonds. The number of hydrogen-bond donors (Lipinski definition) is 1. The molecule has 1 aromatic rings. The Morgan fingerprint density at radius 1 is 1.19 bits per heavy atom. The van der Waals surface area contributed by atoms with Crippen LogP contribution in [0, 0.1) is 18.8 Å². The average Bonchev–Trinajstić information content (AvgIpc) is 2.88. The van der Waals surface area contributed by atoms with Gasteiger partial charge in [-0.05, 0) is 38.8 Å². The first-order chi connectivity index (χ1) is 17.5. The number of cyclic esters (lactones) is 2. The minimum atomic E-state index is -1.40. The van der Waals surface area contributed by atoms with E-state index in [1.807, 2.05) is 0 Å². The maximum atomic E-state index is 13.1. The summed E-state index contributed by atoms with van der Waals surface area (Å²) in [5, 5.41) is 2.43. The molecule has 1 aliphatic heterocycles. The number of nitrogens with one attached hydrogen (secondary N) is 1. The van der Waals surface area contributed by atoms with Crippen LogP contribution >= 0.6 is 0 Å². The Kier molecular flexibility index (Phi) is 11.0. The van der Waals surface area contributed by atoms with Crippen LogP contribution in [0.4, 0.5) is 0 Å². The van der Waals surface area contributed by atoms with Gasteiger partial charge in [0, 0.05) is 12.8 Å². The first-order valence-electron chi connectivity index (χ1n) is 12.1. The molecule has 0 unspecified atom stereocenters. The molecule has 2 heterocycles. The molecule has 0 aliphatic carbocycles. The number of aryl methyl sites for hydroxylation is 1. The van der Waals surface area contributed by atoms with Gasteiger partial charge in [-0.3, -0.25) is 14.4 Å². The summed E-state index contributed by atoms with van der Waals surface area (Å²) in [5.41, 5.74) is 0.190. The van der Waals surface area contributed by atoms with Gasteiger partial charge in [0.05, 0.1) is 11.8 Å². The minimum absolute atomic E-state index is 0.0989. The normalized spacial score (nSPS) is 22.1.